The second-order valence-corrected chi connectivity index (χ2v) is 6.09. The van der Waals surface area contributed by atoms with Crippen LogP contribution in [-0.4, -0.2) is 31.1 Å². The van der Waals surface area contributed by atoms with Crippen LogP contribution in [0.3, 0.4) is 0 Å². The largest absolute Gasteiger partial charge is 0.497 e. The summed E-state index contributed by atoms with van der Waals surface area (Å²) in [4.78, 5) is 14.5. The molecule has 0 spiro atoms. The van der Waals surface area contributed by atoms with Crippen molar-refractivity contribution >= 4 is 6.03 Å². The van der Waals surface area contributed by atoms with Gasteiger partial charge < -0.3 is 15.0 Å². The number of methoxy groups -OCH3 is 1. The lowest BCUT2D eigenvalue weighted by Crippen LogP contribution is -2.40. The van der Waals surface area contributed by atoms with Crippen LogP contribution in [0.4, 0.5) is 4.79 Å². The molecule has 4 nitrogen and oxygen atoms in total. The van der Waals surface area contributed by atoms with Crippen LogP contribution in [0.5, 0.6) is 5.75 Å². The fourth-order valence-electron chi connectivity index (χ4n) is 3.24. The van der Waals surface area contributed by atoms with Gasteiger partial charge in [-0.05, 0) is 42.5 Å². The van der Waals surface area contributed by atoms with Crippen molar-refractivity contribution in [3.8, 4) is 5.75 Å². The molecule has 0 aromatic heterocycles. The van der Waals surface area contributed by atoms with Gasteiger partial charge in [-0.3, -0.25) is 0 Å². The van der Waals surface area contributed by atoms with Crippen molar-refractivity contribution in [3.63, 3.8) is 0 Å². The number of benzene rings is 2. The van der Waals surface area contributed by atoms with E-state index in [0.29, 0.717) is 6.54 Å². The van der Waals surface area contributed by atoms with Crippen LogP contribution in [0.15, 0.2) is 54.6 Å². The van der Waals surface area contributed by atoms with Crippen molar-refractivity contribution in [1.82, 2.24) is 10.2 Å². The summed E-state index contributed by atoms with van der Waals surface area (Å²) in [5.41, 5.74) is 2.41. The predicted octanol–water partition coefficient (Wildman–Crippen LogP) is 3.78. The monoisotopic (exact) mass is 324 g/mol. The lowest BCUT2D eigenvalue weighted by molar-refractivity contribution is 0.193. The maximum atomic E-state index is 12.5. The summed E-state index contributed by atoms with van der Waals surface area (Å²) in [5, 5.41) is 3.06. The third-order valence-corrected chi connectivity index (χ3v) is 4.55. The minimum atomic E-state index is 0.0317. The number of ether oxygens (including phenoxy) is 1. The molecular formula is C20H24N2O2. The van der Waals surface area contributed by atoms with Crippen molar-refractivity contribution in [2.45, 2.75) is 25.3 Å². The molecule has 1 atom stereocenters. The zero-order valence-corrected chi connectivity index (χ0v) is 14.1. The molecule has 1 aliphatic rings. The van der Waals surface area contributed by atoms with Crippen LogP contribution in [0.25, 0.3) is 0 Å². The maximum absolute atomic E-state index is 12.5. The number of nitrogens with zero attached hydrogens (tertiary/aromatic N) is 1. The standard InChI is InChI=1S/C20H24N2O2/c1-24-18-11-9-17(10-12-18)19-8-5-15-22(19)20(23)21-14-13-16-6-3-2-4-7-16/h2-4,6-7,9-12,19H,5,8,13-15H2,1H3,(H,21,23)/t19-/m0/s1. The number of carbonyl (C=O) groups is 1. The maximum Gasteiger partial charge on any atom is 0.317 e. The Morgan fingerprint density at radius 3 is 2.62 bits per heavy atom. The van der Waals surface area contributed by atoms with Gasteiger partial charge in [0.05, 0.1) is 13.2 Å². The molecule has 1 N–H and O–H groups in total. The van der Waals surface area contributed by atoms with Gasteiger partial charge in [0, 0.05) is 13.1 Å². The Labute approximate surface area is 143 Å². The molecular weight excluding hydrogens is 300 g/mol. The molecule has 1 heterocycles. The molecule has 4 heteroatoms. The van der Waals surface area contributed by atoms with E-state index >= 15 is 0 Å². The summed E-state index contributed by atoms with van der Waals surface area (Å²) in [5.74, 6) is 0.843. The number of amides is 2. The van der Waals surface area contributed by atoms with E-state index in [1.165, 1.54) is 11.1 Å². The van der Waals surface area contributed by atoms with Gasteiger partial charge >= 0.3 is 6.03 Å². The highest BCUT2D eigenvalue weighted by atomic mass is 16.5. The summed E-state index contributed by atoms with van der Waals surface area (Å²) >= 11 is 0. The average Bonchev–Trinajstić information content (AvgIpc) is 3.12. The number of hydrogen-bond donors (Lipinski definition) is 1. The zero-order valence-electron chi connectivity index (χ0n) is 14.1. The molecule has 2 amide bonds. The average molecular weight is 324 g/mol. The molecule has 0 bridgehead atoms. The van der Waals surface area contributed by atoms with Gasteiger partial charge in [-0.2, -0.15) is 0 Å². The second-order valence-electron chi connectivity index (χ2n) is 6.09. The van der Waals surface area contributed by atoms with Crippen molar-refractivity contribution < 1.29 is 9.53 Å². The van der Waals surface area contributed by atoms with Crippen LogP contribution in [0.1, 0.15) is 30.0 Å². The van der Waals surface area contributed by atoms with E-state index in [2.05, 4.69) is 29.6 Å². The number of carbonyl (C=O) groups excluding carboxylic acids is 1. The Hall–Kier alpha value is -2.49. The van der Waals surface area contributed by atoms with E-state index in [4.69, 9.17) is 4.74 Å². The highest BCUT2D eigenvalue weighted by Crippen LogP contribution is 2.32. The number of rotatable bonds is 5. The fourth-order valence-corrected chi connectivity index (χ4v) is 3.24. The molecule has 2 aromatic rings. The summed E-state index contributed by atoms with van der Waals surface area (Å²) in [6.45, 7) is 1.47. The highest BCUT2D eigenvalue weighted by molar-refractivity contribution is 5.75. The highest BCUT2D eigenvalue weighted by Gasteiger charge is 2.29. The van der Waals surface area contributed by atoms with Crippen LogP contribution in [-0.2, 0) is 6.42 Å². The molecule has 1 fully saturated rings. The quantitative estimate of drug-likeness (QED) is 0.909. The first-order valence-electron chi connectivity index (χ1n) is 8.50. The van der Waals surface area contributed by atoms with Crippen molar-refractivity contribution in [2.75, 3.05) is 20.2 Å². The van der Waals surface area contributed by atoms with E-state index in [-0.39, 0.29) is 12.1 Å². The molecule has 1 saturated heterocycles. The second kappa shape index (κ2) is 7.86. The third kappa shape index (κ3) is 3.88. The first-order chi connectivity index (χ1) is 11.8. The molecule has 24 heavy (non-hydrogen) atoms. The van der Waals surface area contributed by atoms with Gasteiger partial charge in [-0.25, -0.2) is 4.79 Å². The molecule has 1 aliphatic heterocycles. The summed E-state index contributed by atoms with van der Waals surface area (Å²) in [7, 11) is 1.66. The Morgan fingerprint density at radius 2 is 1.92 bits per heavy atom. The molecule has 0 saturated carbocycles. The van der Waals surface area contributed by atoms with Crippen molar-refractivity contribution in [1.29, 1.82) is 0 Å². The van der Waals surface area contributed by atoms with Crippen LogP contribution in [0.2, 0.25) is 0 Å². The molecule has 0 unspecified atom stereocenters. The fraction of sp³-hybridized carbons (Fsp3) is 0.350. The van der Waals surface area contributed by atoms with Gasteiger partial charge in [0.25, 0.3) is 0 Å². The van der Waals surface area contributed by atoms with Gasteiger partial charge in [0.1, 0.15) is 5.75 Å². The minimum Gasteiger partial charge on any atom is -0.497 e. The summed E-state index contributed by atoms with van der Waals surface area (Å²) in [6.07, 6.45) is 2.91. The van der Waals surface area contributed by atoms with Gasteiger partial charge in [-0.15, -0.1) is 0 Å². The summed E-state index contributed by atoms with van der Waals surface area (Å²) in [6, 6.07) is 18.4. The summed E-state index contributed by atoms with van der Waals surface area (Å²) < 4.78 is 5.21. The zero-order chi connectivity index (χ0) is 16.8. The molecule has 2 aromatic carbocycles. The molecule has 126 valence electrons. The number of hydrogen-bond acceptors (Lipinski definition) is 2. The van der Waals surface area contributed by atoms with Gasteiger partial charge in [0.2, 0.25) is 0 Å². The number of likely N-dealkylation sites (tertiary alicyclic amines) is 1. The van der Waals surface area contributed by atoms with Gasteiger partial charge in [0.15, 0.2) is 0 Å². The molecule has 0 aliphatic carbocycles. The first-order valence-corrected chi connectivity index (χ1v) is 8.50. The van der Waals surface area contributed by atoms with Crippen molar-refractivity contribution in [2.24, 2.45) is 0 Å². The smallest absolute Gasteiger partial charge is 0.317 e. The Bertz CT molecular complexity index is 655. The Morgan fingerprint density at radius 1 is 1.17 bits per heavy atom. The van der Waals surface area contributed by atoms with E-state index in [1.807, 2.05) is 35.2 Å². The van der Waals surface area contributed by atoms with Crippen molar-refractivity contribution in [3.05, 3.63) is 65.7 Å². The van der Waals surface area contributed by atoms with Crippen LogP contribution in [0, 0.1) is 0 Å². The lowest BCUT2D eigenvalue weighted by Gasteiger charge is -2.25. The lowest BCUT2D eigenvalue weighted by atomic mass is 10.0. The van der Waals surface area contributed by atoms with E-state index in [9.17, 15) is 4.79 Å². The Balaban J connectivity index is 1.56. The van der Waals surface area contributed by atoms with Gasteiger partial charge in [-0.1, -0.05) is 42.5 Å². The van der Waals surface area contributed by atoms with E-state index in [0.717, 1.165) is 31.6 Å². The number of nitrogens with one attached hydrogen (secondary N) is 1. The first kappa shape index (κ1) is 16.4. The Kier molecular flexibility index (Phi) is 5.36. The van der Waals surface area contributed by atoms with Crippen LogP contribution < -0.4 is 10.1 Å². The number of urea groups is 1. The van der Waals surface area contributed by atoms with E-state index in [1.54, 1.807) is 7.11 Å². The normalized spacial score (nSPS) is 16.9. The SMILES string of the molecule is COc1ccc([C@@H]2CCCN2C(=O)NCCc2ccccc2)cc1. The third-order valence-electron chi connectivity index (χ3n) is 4.55. The minimum absolute atomic E-state index is 0.0317. The molecule has 3 rings (SSSR count). The predicted molar refractivity (Wildman–Crippen MR) is 95.2 cm³/mol. The van der Waals surface area contributed by atoms with Crippen LogP contribution >= 0.6 is 0 Å². The van der Waals surface area contributed by atoms with E-state index < -0.39 is 0 Å². The molecule has 0 radical (unpaired) electrons. The topological polar surface area (TPSA) is 41.6 Å².